The predicted molar refractivity (Wildman–Crippen MR) is 161 cm³/mol. The van der Waals surface area contributed by atoms with E-state index in [4.69, 9.17) is 4.74 Å². The van der Waals surface area contributed by atoms with Crippen molar-refractivity contribution < 1.29 is 9.53 Å². The molecule has 2 aliphatic heterocycles. The molecule has 0 aromatic heterocycles. The first kappa shape index (κ1) is 28.5. The van der Waals surface area contributed by atoms with E-state index in [9.17, 15) is 10.1 Å². The zero-order valence-corrected chi connectivity index (χ0v) is 24.8. The molecule has 6 heteroatoms. The van der Waals surface area contributed by atoms with Gasteiger partial charge in [-0.3, -0.25) is 0 Å². The molecule has 2 heterocycles. The smallest absolute Gasteiger partial charge is 0.407 e. The number of carbonyl (C=O) groups excluding carboxylic acids is 1. The summed E-state index contributed by atoms with van der Waals surface area (Å²) in [4.78, 5) is 17.0. The first-order valence-electron chi connectivity index (χ1n) is 15.2. The number of nitrogens with one attached hydrogen (secondary N) is 1. The van der Waals surface area contributed by atoms with Crippen molar-refractivity contribution in [1.82, 2.24) is 10.2 Å². The Bertz CT molecular complexity index is 1200. The predicted octanol–water partition coefficient (Wildman–Crippen LogP) is 6.24. The van der Waals surface area contributed by atoms with Gasteiger partial charge in [0.25, 0.3) is 0 Å². The van der Waals surface area contributed by atoms with Crippen LogP contribution >= 0.6 is 0 Å². The molecule has 0 radical (unpaired) electrons. The molecule has 0 spiro atoms. The van der Waals surface area contributed by atoms with Crippen LogP contribution in [0, 0.1) is 23.2 Å². The summed E-state index contributed by atoms with van der Waals surface area (Å²) >= 11 is 0. The molecular weight excluding hydrogens is 496 g/mol. The van der Waals surface area contributed by atoms with Crippen LogP contribution in [0.3, 0.4) is 0 Å². The maximum atomic E-state index is 11.9. The van der Waals surface area contributed by atoms with Crippen LogP contribution in [-0.2, 0) is 16.6 Å². The average Bonchev–Trinajstić information content (AvgIpc) is 3.36. The molecule has 214 valence electrons. The number of hydrogen-bond acceptors (Lipinski definition) is 5. The van der Waals surface area contributed by atoms with E-state index in [1.807, 2.05) is 6.07 Å². The minimum absolute atomic E-state index is 0.163. The van der Waals surface area contributed by atoms with Gasteiger partial charge in [0.15, 0.2) is 0 Å². The number of benzene rings is 2. The number of piperidine rings is 1. The maximum Gasteiger partial charge on any atom is 0.407 e. The Morgan fingerprint density at radius 2 is 1.77 bits per heavy atom. The number of alkyl carbamates (subject to hydrolysis) is 1. The van der Waals surface area contributed by atoms with E-state index >= 15 is 0 Å². The average molecular weight is 543 g/mol. The van der Waals surface area contributed by atoms with Crippen LogP contribution in [0.2, 0.25) is 0 Å². The Hall–Kier alpha value is -3.04. The Morgan fingerprint density at radius 3 is 2.42 bits per heavy atom. The quantitative estimate of drug-likeness (QED) is 0.449. The molecule has 2 aromatic rings. The molecule has 6 nitrogen and oxygen atoms in total. The Labute approximate surface area is 240 Å². The largest absolute Gasteiger partial charge is 0.453 e. The number of hydrogen-bond donors (Lipinski definition) is 1. The van der Waals surface area contributed by atoms with Crippen molar-refractivity contribution in [2.24, 2.45) is 11.8 Å². The van der Waals surface area contributed by atoms with E-state index in [1.165, 1.54) is 36.0 Å². The molecule has 1 amide bonds. The number of amides is 1. The van der Waals surface area contributed by atoms with Gasteiger partial charge in [0.05, 0.1) is 18.7 Å². The molecule has 2 saturated heterocycles. The van der Waals surface area contributed by atoms with Crippen molar-refractivity contribution in [1.29, 1.82) is 5.26 Å². The van der Waals surface area contributed by atoms with E-state index in [0.29, 0.717) is 11.8 Å². The number of rotatable bonds is 7. The zero-order chi connectivity index (χ0) is 28.3. The second kappa shape index (κ2) is 12.2. The van der Waals surface area contributed by atoms with Gasteiger partial charge in [0.2, 0.25) is 0 Å². The van der Waals surface area contributed by atoms with Crippen LogP contribution in [-0.4, -0.2) is 56.9 Å². The highest BCUT2D eigenvalue weighted by Gasteiger charge is 2.33. The van der Waals surface area contributed by atoms with Crippen molar-refractivity contribution in [3.8, 4) is 6.07 Å². The van der Waals surface area contributed by atoms with Gasteiger partial charge in [-0.25, -0.2) is 4.79 Å². The lowest BCUT2D eigenvalue weighted by Crippen LogP contribution is -2.52. The van der Waals surface area contributed by atoms with Gasteiger partial charge in [0.1, 0.15) is 0 Å². The van der Waals surface area contributed by atoms with Crippen molar-refractivity contribution >= 4 is 11.8 Å². The van der Waals surface area contributed by atoms with Gasteiger partial charge in [-0.2, -0.15) is 5.26 Å². The molecule has 1 saturated carbocycles. The molecule has 3 fully saturated rings. The first-order valence-corrected chi connectivity index (χ1v) is 15.2. The molecule has 2 atom stereocenters. The minimum Gasteiger partial charge on any atom is -0.453 e. The summed E-state index contributed by atoms with van der Waals surface area (Å²) in [7, 11) is 1.43. The zero-order valence-electron chi connectivity index (χ0n) is 24.8. The fraction of sp³-hybridized carbons (Fsp3) is 0.588. The Morgan fingerprint density at radius 1 is 1.05 bits per heavy atom. The number of carbonyl (C=O) groups is 1. The third-order valence-electron chi connectivity index (χ3n) is 9.50. The van der Waals surface area contributed by atoms with Crippen molar-refractivity contribution in [2.45, 2.75) is 76.7 Å². The van der Waals surface area contributed by atoms with Gasteiger partial charge in [-0.15, -0.1) is 0 Å². The van der Waals surface area contributed by atoms with E-state index in [1.54, 1.807) is 0 Å². The van der Waals surface area contributed by atoms with Gasteiger partial charge in [-0.05, 0) is 103 Å². The summed E-state index contributed by atoms with van der Waals surface area (Å²) in [6, 6.07) is 17.9. The monoisotopic (exact) mass is 542 g/mol. The first-order chi connectivity index (χ1) is 19.2. The number of nitrogens with zero attached hydrogens (tertiary/aromatic N) is 3. The van der Waals surface area contributed by atoms with Crippen LogP contribution in [0.5, 0.6) is 0 Å². The van der Waals surface area contributed by atoms with Gasteiger partial charge in [-0.1, -0.05) is 45.4 Å². The SMILES string of the molecule is COC(=O)N[C@@H]1CCC[C@H]1Cc1ccc(C#N)cc1C1CCN(CC2CN(c3ccc(C(C)(C)C)cc3)C2)CC1. The molecule has 0 unspecified atom stereocenters. The number of anilines is 1. The fourth-order valence-electron chi connectivity index (χ4n) is 7.05. The molecular formula is C34H46N4O2. The van der Waals surface area contributed by atoms with Crippen LogP contribution in [0.1, 0.15) is 81.0 Å². The fourth-order valence-corrected chi connectivity index (χ4v) is 7.05. The molecule has 40 heavy (non-hydrogen) atoms. The summed E-state index contributed by atoms with van der Waals surface area (Å²) in [5, 5.41) is 12.7. The summed E-state index contributed by atoms with van der Waals surface area (Å²) < 4.78 is 4.86. The van der Waals surface area contributed by atoms with E-state index in [-0.39, 0.29) is 17.6 Å². The van der Waals surface area contributed by atoms with Crippen LogP contribution in [0.15, 0.2) is 42.5 Å². The van der Waals surface area contributed by atoms with Gasteiger partial charge in [0, 0.05) is 37.3 Å². The highest BCUT2D eigenvalue weighted by atomic mass is 16.5. The summed E-state index contributed by atoms with van der Waals surface area (Å²) in [6.07, 6.45) is 6.14. The van der Waals surface area contributed by atoms with E-state index in [2.05, 4.69) is 78.4 Å². The summed E-state index contributed by atoms with van der Waals surface area (Å²) in [5.41, 5.74) is 6.39. The summed E-state index contributed by atoms with van der Waals surface area (Å²) in [6.45, 7) is 12.5. The molecule has 0 bridgehead atoms. The van der Waals surface area contributed by atoms with E-state index < -0.39 is 0 Å². The minimum atomic E-state index is -0.336. The van der Waals surface area contributed by atoms with Gasteiger partial charge < -0.3 is 19.9 Å². The topological polar surface area (TPSA) is 68.6 Å². The van der Waals surface area contributed by atoms with Crippen molar-refractivity contribution in [3.05, 3.63) is 64.7 Å². The molecule has 1 N–H and O–H groups in total. The second-order valence-corrected chi connectivity index (χ2v) is 13.3. The normalized spacial score (nSPS) is 22.5. The highest BCUT2D eigenvalue weighted by molar-refractivity contribution is 5.67. The lowest BCUT2D eigenvalue weighted by atomic mass is 9.82. The van der Waals surface area contributed by atoms with Gasteiger partial charge >= 0.3 is 6.09 Å². The summed E-state index contributed by atoms with van der Waals surface area (Å²) in [5.74, 6) is 1.64. The second-order valence-electron chi connectivity index (χ2n) is 13.3. The molecule has 1 aliphatic carbocycles. The van der Waals surface area contributed by atoms with Crippen molar-refractivity contribution in [3.63, 3.8) is 0 Å². The molecule has 3 aliphatic rings. The van der Waals surface area contributed by atoms with Crippen molar-refractivity contribution in [2.75, 3.05) is 44.7 Å². The van der Waals surface area contributed by atoms with Crippen LogP contribution < -0.4 is 10.2 Å². The van der Waals surface area contributed by atoms with Crippen LogP contribution in [0.4, 0.5) is 10.5 Å². The third-order valence-corrected chi connectivity index (χ3v) is 9.50. The van der Waals surface area contributed by atoms with E-state index in [0.717, 1.165) is 76.2 Å². The number of ether oxygens (including phenoxy) is 1. The number of nitriles is 1. The molecule has 2 aromatic carbocycles. The Balaban J connectivity index is 1.14. The maximum absolute atomic E-state index is 11.9. The lowest BCUT2D eigenvalue weighted by Gasteiger charge is -2.44. The lowest BCUT2D eigenvalue weighted by molar-refractivity contribution is 0.163. The number of methoxy groups -OCH3 is 1. The molecule has 5 rings (SSSR count). The van der Waals surface area contributed by atoms with Crippen LogP contribution in [0.25, 0.3) is 0 Å². The number of likely N-dealkylation sites (tertiary alicyclic amines) is 1. The third kappa shape index (κ3) is 6.63. The highest BCUT2D eigenvalue weighted by Crippen LogP contribution is 2.36. The Kier molecular flexibility index (Phi) is 8.71. The standard InChI is InChI=1S/C34H46N4O2/c1-34(2,3)29-10-12-30(13-11-29)38-22-25(23-38)21-37-16-14-26(15-17-37)31-18-24(20-35)8-9-27(31)19-28-6-5-7-32(28)36-33(39)40-4/h8-13,18,25-26,28,32H,5-7,14-17,19,21-23H2,1-4H3,(H,36,39)/t28-,32+/m0/s1.